The van der Waals surface area contributed by atoms with E-state index in [0.29, 0.717) is 24.9 Å². The van der Waals surface area contributed by atoms with Crippen LogP contribution in [0.3, 0.4) is 0 Å². The number of rotatable bonds is 7. The molecule has 2 aromatic carbocycles. The number of carbonyl (C=O) groups excluding carboxylic acids is 1. The predicted molar refractivity (Wildman–Crippen MR) is 112 cm³/mol. The highest BCUT2D eigenvalue weighted by molar-refractivity contribution is 7.98. The molecule has 0 saturated carbocycles. The lowest BCUT2D eigenvalue weighted by molar-refractivity contribution is -0.127. The Morgan fingerprint density at radius 2 is 1.75 bits per heavy atom. The second-order valence-corrected chi connectivity index (χ2v) is 7.92. The lowest BCUT2D eigenvalue weighted by Gasteiger charge is -2.17. The van der Waals surface area contributed by atoms with Crippen molar-refractivity contribution in [1.29, 1.82) is 0 Å². The number of likely N-dealkylation sites (tertiary alicyclic amines) is 1. The van der Waals surface area contributed by atoms with Crippen LogP contribution in [0.5, 0.6) is 0 Å². The summed E-state index contributed by atoms with van der Waals surface area (Å²) in [5.74, 6) is 0.985. The third-order valence-electron chi connectivity index (χ3n) is 5.02. The molecule has 0 radical (unpaired) electrons. The van der Waals surface area contributed by atoms with E-state index in [1.807, 2.05) is 47.4 Å². The molecule has 0 aliphatic carbocycles. The Bertz CT molecular complexity index is 1030. The van der Waals surface area contributed by atoms with E-state index in [1.54, 1.807) is 16.3 Å². The van der Waals surface area contributed by atoms with Gasteiger partial charge in [-0.3, -0.25) is 14.2 Å². The minimum atomic E-state index is -0.00564. The van der Waals surface area contributed by atoms with Crippen molar-refractivity contribution in [3.8, 4) is 0 Å². The van der Waals surface area contributed by atoms with Crippen LogP contribution in [-0.2, 0) is 17.1 Å². The fraction of sp³-hybridized carbons (Fsp3) is 0.318. The summed E-state index contributed by atoms with van der Waals surface area (Å²) in [6, 6.07) is 17.7. The molecule has 0 bridgehead atoms. The van der Waals surface area contributed by atoms with Gasteiger partial charge in [0, 0.05) is 31.8 Å². The first-order valence-corrected chi connectivity index (χ1v) is 10.6. The SMILES string of the molecule is O=C1CCCN1CCCn1c(SCc2ccccc2)nc2ccccc2c1=O. The molecule has 6 heteroatoms. The minimum Gasteiger partial charge on any atom is -0.343 e. The second kappa shape index (κ2) is 8.61. The molecule has 0 N–H and O–H groups in total. The van der Waals surface area contributed by atoms with E-state index in [9.17, 15) is 9.59 Å². The molecule has 5 nitrogen and oxygen atoms in total. The summed E-state index contributed by atoms with van der Waals surface area (Å²) in [4.78, 5) is 31.6. The van der Waals surface area contributed by atoms with Crippen molar-refractivity contribution in [3.05, 3.63) is 70.5 Å². The summed E-state index contributed by atoms with van der Waals surface area (Å²) in [6.07, 6.45) is 2.34. The van der Waals surface area contributed by atoms with Crippen molar-refractivity contribution in [2.24, 2.45) is 0 Å². The van der Waals surface area contributed by atoms with Gasteiger partial charge in [0.2, 0.25) is 5.91 Å². The number of hydrogen-bond acceptors (Lipinski definition) is 4. The average molecular weight is 394 g/mol. The smallest absolute Gasteiger partial charge is 0.262 e. The Morgan fingerprint density at radius 1 is 0.964 bits per heavy atom. The number of thioether (sulfide) groups is 1. The summed E-state index contributed by atoms with van der Waals surface area (Å²) in [7, 11) is 0. The number of para-hydroxylation sites is 1. The van der Waals surface area contributed by atoms with Crippen LogP contribution in [0.2, 0.25) is 0 Å². The number of benzene rings is 2. The Labute approximate surface area is 168 Å². The van der Waals surface area contributed by atoms with Crippen molar-refractivity contribution < 1.29 is 4.79 Å². The normalized spacial score (nSPS) is 14.1. The van der Waals surface area contributed by atoms with Gasteiger partial charge in [-0.15, -0.1) is 0 Å². The fourth-order valence-corrected chi connectivity index (χ4v) is 4.52. The van der Waals surface area contributed by atoms with Crippen molar-refractivity contribution in [2.75, 3.05) is 13.1 Å². The molecule has 1 amide bonds. The van der Waals surface area contributed by atoms with E-state index in [1.165, 1.54) is 5.56 Å². The van der Waals surface area contributed by atoms with E-state index in [0.717, 1.165) is 35.8 Å². The van der Waals surface area contributed by atoms with E-state index in [-0.39, 0.29) is 11.5 Å². The quantitative estimate of drug-likeness (QED) is 0.454. The molecule has 28 heavy (non-hydrogen) atoms. The average Bonchev–Trinajstić information content (AvgIpc) is 3.14. The maximum atomic E-state index is 13.1. The number of hydrogen-bond donors (Lipinski definition) is 0. The lowest BCUT2D eigenvalue weighted by Crippen LogP contribution is -2.29. The zero-order valence-corrected chi connectivity index (χ0v) is 16.5. The number of amides is 1. The van der Waals surface area contributed by atoms with E-state index < -0.39 is 0 Å². The molecule has 1 aliphatic heterocycles. The summed E-state index contributed by atoms with van der Waals surface area (Å²) < 4.78 is 1.77. The third kappa shape index (κ3) is 4.12. The molecular weight excluding hydrogens is 370 g/mol. The first kappa shape index (κ1) is 18.7. The van der Waals surface area contributed by atoms with Crippen LogP contribution in [0.4, 0.5) is 0 Å². The third-order valence-corrected chi connectivity index (χ3v) is 6.07. The van der Waals surface area contributed by atoms with Gasteiger partial charge in [-0.25, -0.2) is 4.98 Å². The van der Waals surface area contributed by atoms with Gasteiger partial charge in [0.15, 0.2) is 5.16 Å². The summed E-state index contributed by atoms with van der Waals surface area (Å²) >= 11 is 1.58. The first-order valence-electron chi connectivity index (χ1n) is 9.66. The molecule has 4 rings (SSSR count). The van der Waals surface area contributed by atoms with Crippen LogP contribution in [-0.4, -0.2) is 33.4 Å². The first-order chi connectivity index (χ1) is 13.7. The highest BCUT2D eigenvalue weighted by atomic mass is 32.2. The van der Waals surface area contributed by atoms with Gasteiger partial charge in [0.1, 0.15) is 0 Å². The molecule has 0 unspecified atom stereocenters. The molecule has 1 aromatic heterocycles. The van der Waals surface area contributed by atoms with Crippen LogP contribution in [0.25, 0.3) is 10.9 Å². The van der Waals surface area contributed by atoms with Gasteiger partial charge in [0.25, 0.3) is 5.56 Å². The zero-order valence-electron chi connectivity index (χ0n) is 15.7. The Hall–Kier alpha value is -2.60. The molecule has 0 atom stereocenters. The molecule has 1 saturated heterocycles. The highest BCUT2D eigenvalue weighted by Crippen LogP contribution is 2.22. The van der Waals surface area contributed by atoms with Gasteiger partial charge in [0.05, 0.1) is 10.9 Å². The Kier molecular flexibility index (Phi) is 5.76. The fourth-order valence-electron chi connectivity index (χ4n) is 3.54. The molecular formula is C22H23N3O2S. The number of aromatic nitrogens is 2. The number of nitrogens with zero attached hydrogens (tertiary/aromatic N) is 3. The minimum absolute atomic E-state index is 0.00564. The van der Waals surface area contributed by atoms with Crippen LogP contribution < -0.4 is 5.56 Å². The van der Waals surface area contributed by atoms with Gasteiger partial charge in [-0.05, 0) is 30.5 Å². The van der Waals surface area contributed by atoms with Crippen molar-refractivity contribution in [3.63, 3.8) is 0 Å². The maximum absolute atomic E-state index is 13.1. The van der Waals surface area contributed by atoms with Crippen LogP contribution in [0.1, 0.15) is 24.8 Å². The Morgan fingerprint density at radius 3 is 2.54 bits per heavy atom. The largest absolute Gasteiger partial charge is 0.343 e. The van der Waals surface area contributed by atoms with E-state index in [4.69, 9.17) is 4.98 Å². The Balaban J connectivity index is 1.57. The van der Waals surface area contributed by atoms with Crippen LogP contribution in [0.15, 0.2) is 64.5 Å². The summed E-state index contributed by atoms with van der Waals surface area (Å²) in [5.41, 5.74) is 1.92. The van der Waals surface area contributed by atoms with Crippen LogP contribution >= 0.6 is 11.8 Å². The van der Waals surface area contributed by atoms with Gasteiger partial charge in [-0.2, -0.15) is 0 Å². The molecule has 1 aliphatic rings. The number of fused-ring (bicyclic) bond motifs is 1. The summed E-state index contributed by atoms with van der Waals surface area (Å²) in [5, 5.41) is 1.38. The summed E-state index contributed by atoms with van der Waals surface area (Å²) in [6.45, 7) is 2.10. The van der Waals surface area contributed by atoms with E-state index >= 15 is 0 Å². The van der Waals surface area contributed by atoms with Crippen LogP contribution in [0, 0.1) is 0 Å². The molecule has 1 fully saturated rings. The van der Waals surface area contributed by atoms with Gasteiger partial charge >= 0.3 is 0 Å². The maximum Gasteiger partial charge on any atom is 0.262 e. The second-order valence-electron chi connectivity index (χ2n) is 6.98. The molecule has 0 spiro atoms. The van der Waals surface area contributed by atoms with Gasteiger partial charge in [-0.1, -0.05) is 54.2 Å². The topological polar surface area (TPSA) is 55.2 Å². The monoisotopic (exact) mass is 393 g/mol. The molecule has 2 heterocycles. The van der Waals surface area contributed by atoms with Crippen molar-refractivity contribution in [2.45, 2.75) is 36.7 Å². The number of carbonyl (C=O) groups is 1. The lowest BCUT2D eigenvalue weighted by atomic mass is 10.2. The standard InChI is InChI=1S/C22H23N3O2S/c26-20-12-6-13-24(20)14-7-15-25-21(27)18-10-4-5-11-19(18)23-22(25)28-16-17-8-2-1-3-9-17/h1-5,8-11H,6-7,12-16H2. The van der Waals surface area contributed by atoms with Crippen molar-refractivity contribution in [1.82, 2.24) is 14.5 Å². The zero-order chi connectivity index (χ0) is 19.3. The van der Waals surface area contributed by atoms with Gasteiger partial charge < -0.3 is 4.90 Å². The highest BCUT2D eigenvalue weighted by Gasteiger charge is 2.19. The molecule has 144 valence electrons. The predicted octanol–water partition coefficient (Wildman–Crippen LogP) is 3.70. The molecule has 3 aromatic rings. The van der Waals surface area contributed by atoms with Crippen molar-refractivity contribution >= 4 is 28.6 Å². The van der Waals surface area contributed by atoms with E-state index in [2.05, 4.69) is 12.1 Å².